The molecule has 0 fully saturated rings. The molecule has 0 aliphatic rings. The van der Waals surface area contributed by atoms with E-state index < -0.39 is 0 Å². The first kappa shape index (κ1) is 15.1. The molecular formula is C16H23N3S. The Labute approximate surface area is 125 Å². The minimum absolute atomic E-state index is 0.212. The van der Waals surface area contributed by atoms with E-state index in [9.17, 15) is 0 Å². The Morgan fingerprint density at radius 1 is 1.20 bits per heavy atom. The predicted molar refractivity (Wildman–Crippen MR) is 85.3 cm³/mol. The van der Waals surface area contributed by atoms with Crippen molar-refractivity contribution in [2.24, 2.45) is 0 Å². The van der Waals surface area contributed by atoms with Gasteiger partial charge in [0.05, 0.1) is 16.6 Å². The third-order valence-electron chi connectivity index (χ3n) is 3.64. The van der Waals surface area contributed by atoms with Crippen molar-refractivity contribution in [3.63, 3.8) is 0 Å². The fourth-order valence-corrected chi connectivity index (χ4v) is 3.12. The van der Waals surface area contributed by atoms with Crippen molar-refractivity contribution in [1.82, 2.24) is 14.9 Å². The number of nitrogens with zero attached hydrogens (tertiary/aromatic N) is 2. The average Bonchev–Trinajstić information content (AvgIpc) is 2.91. The number of rotatable bonds is 6. The molecule has 1 atom stereocenters. The van der Waals surface area contributed by atoms with Crippen molar-refractivity contribution < 1.29 is 0 Å². The second-order valence-corrected chi connectivity index (χ2v) is 5.95. The molecule has 0 amide bonds. The summed E-state index contributed by atoms with van der Waals surface area (Å²) in [6.45, 7) is 9.65. The molecule has 0 bridgehead atoms. The quantitative estimate of drug-likeness (QED) is 0.879. The van der Waals surface area contributed by atoms with E-state index in [1.807, 2.05) is 0 Å². The highest BCUT2D eigenvalue weighted by atomic mass is 32.1. The van der Waals surface area contributed by atoms with Gasteiger partial charge in [-0.3, -0.25) is 0 Å². The van der Waals surface area contributed by atoms with Gasteiger partial charge in [0.1, 0.15) is 0 Å². The van der Waals surface area contributed by atoms with Gasteiger partial charge < -0.3 is 5.32 Å². The molecule has 4 heteroatoms. The van der Waals surface area contributed by atoms with Gasteiger partial charge in [0.15, 0.2) is 0 Å². The number of aryl methyl sites for hydroxylation is 3. The lowest BCUT2D eigenvalue weighted by molar-refractivity contribution is 0.600. The highest BCUT2D eigenvalue weighted by Gasteiger charge is 2.20. The lowest BCUT2D eigenvalue weighted by atomic mass is 9.99. The summed E-state index contributed by atoms with van der Waals surface area (Å²) in [7, 11) is 0. The van der Waals surface area contributed by atoms with Crippen LogP contribution in [0.2, 0.25) is 0 Å². The monoisotopic (exact) mass is 289 g/mol. The smallest absolute Gasteiger partial charge is 0.0804 e. The molecule has 108 valence electrons. The van der Waals surface area contributed by atoms with Gasteiger partial charge in [-0.1, -0.05) is 36.5 Å². The maximum atomic E-state index is 4.26. The van der Waals surface area contributed by atoms with Crippen molar-refractivity contribution in [3.8, 4) is 0 Å². The SMILES string of the molecule is CCCNC(c1ccc(C)c(C)c1)c1snnc1CC. The van der Waals surface area contributed by atoms with Crippen LogP contribution in [-0.2, 0) is 6.42 Å². The normalized spacial score (nSPS) is 12.6. The first-order valence-corrected chi connectivity index (χ1v) is 8.06. The van der Waals surface area contributed by atoms with Crippen LogP contribution >= 0.6 is 11.5 Å². The van der Waals surface area contributed by atoms with E-state index in [2.05, 4.69) is 60.8 Å². The Hall–Kier alpha value is -1.26. The molecule has 20 heavy (non-hydrogen) atoms. The van der Waals surface area contributed by atoms with Crippen molar-refractivity contribution >= 4 is 11.5 Å². The van der Waals surface area contributed by atoms with Crippen LogP contribution in [0.3, 0.4) is 0 Å². The second kappa shape index (κ2) is 6.95. The van der Waals surface area contributed by atoms with Crippen LogP contribution in [-0.4, -0.2) is 16.1 Å². The Balaban J connectivity index is 2.38. The van der Waals surface area contributed by atoms with Gasteiger partial charge in [-0.15, -0.1) is 5.10 Å². The van der Waals surface area contributed by atoms with Crippen LogP contribution in [0.5, 0.6) is 0 Å². The molecule has 0 spiro atoms. The molecule has 1 N–H and O–H groups in total. The fraction of sp³-hybridized carbons (Fsp3) is 0.500. The van der Waals surface area contributed by atoms with E-state index in [1.54, 1.807) is 0 Å². The van der Waals surface area contributed by atoms with Crippen LogP contribution in [0.25, 0.3) is 0 Å². The molecule has 0 saturated carbocycles. The van der Waals surface area contributed by atoms with Gasteiger partial charge in [0.2, 0.25) is 0 Å². The van der Waals surface area contributed by atoms with Crippen LogP contribution < -0.4 is 5.32 Å². The van der Waals surface area contributed by atoms with Gasteiger partial charge >= 0.3 is 0 Å². The van der Waals surface area contributed by atoms with Crippen molar-refractivity contribution in [2.45, 2.75) is 46.6 Å². The molecular weight excluding hydrogens is 266 g/mol. The first-order chi connectivity index (χ1) is 9.67. The Bertz CT molecular complexity index is 563. The largest absolute Gasteiger partial charge is 0.305 e. The number of benzene rings is 1. The van der Waals surface area contributed by atoms with Gasteiger partial charge in [0.25, 0.3) is 0 Å². The van der Waals surface area contributed by atoms with Gasteiger partial charge in [0, 0.05) is 0 Å². The van der Waals surface area contributed by atoms with E-state index in [4.69, 9.17) is 0 Å². The minimum atomic E-state index is 0.212. The summed E-state index contributed by atoms with van der Waals surface area (Å²) in [4.78, 5) is 1.25. The summed E-state index contributed by atoms with van der Waals surface area (Å²) < 4.78 is 4.14. The second-order valence-electron chi connectivity index (χ2n) is 5.17. The van der Waals surface area contributed by atoms with Crippen LogP contribution in [0.1, 0.15) is 53.6 Å². The van der Waals surface area contributed by atoms with Crippen LogP contribution in [0.15, 0.2) is 18.2 Å². The highest BCUT2D eigenvalue weighted by molar-refractivity contribution is 7.05. The summed E-state index contributed by atoms with van der Waals surface area (Å²) in [5.41, 5.74) is 5.09. The molecule has 1 aromatic heterocycles. The summed E-state index contributed by atoms with van der Waals surface area (Å²) in [6, 6.07) is 6.91. The average molecular weight is 289 g/mol. The molecule has 0 aliphatic carbocycles. The van der Waals surface area contributed by atoms with Crippen LogP contribution in [0.4, 0.5) is 0 Å². The number of hydrogen-bond donors (Lipinski definition) is 1. The maximum absolute atomic E-state index is 4.26. The zero-order valence-electron chi connectivity index (χ0n) is 12.7. The fourth-order valence-electron chi connectivity index (χ4n) is 2.27. The first-order valence-electron chi connectivity index (χ1n) is 7.29. The van der Waals surface area contributed by atoms with Gasteiger partial charge in [-0.05, 0) is 61.5 Å². The van der Waals surface area contributed by atoms with E-state index in [1.165, 1.54) is 33.1 Å². The summed E-state index contributed by atoms with van der Waals surface area (Å²) in [6.07, 6.45) is 2.05. The molecule has 1 aromatic carbocycles. The summed E-state index contributed by atoms with van der Waals surface area (Å²) in [5.74, 6) is 0. The summed E-state index contributed by atoms with van der Waals surface area (Å²) in [5, 5.41) is 7.90. The van der Waals surface area contributed by atoms with E-state index in [0.29, 0.717) is 0 Å². The molecule has 0 saturated heterocycles. The zero-order valence-corrected chi connectivity index (χ0v) is 13.5. The van der Waals surface area contributed by atoms with Gasteiger partial charge in [-0.2, -0.15) is 0 Å². The van der Waals surface area contributed by atoms with Crippen molar-refractivity contribution in [3.05, 3.63) is 45.5 Å². The standard InChI is InChI=1S/C16H23N3S/c1-5-9-17-15(16-14(6-2)18-19-20-16)13-8-7-11(3)12(4)10-13/h7-8,10,15,17H,5-6,9H2,1-4H3. The molecule has 2 rings (SSSR count). The minimum Gasteiger partial charge on any atom is -0.305 e. The molecule has 0 radical (unpaired) electrons. The van der Waals surface area contributed by atoms with E-state index in [-0.39, 0.29) is 6.04 Å². The predicted octanol–water partition coefficient (Wildman–Crippen LogP) is 3.81. The molecule has 2 aromatic rings. The topological polar surface area (TPSA) is 37.8 Å². The Kier molecular flexibility index (Phi) is 5.26. The highest BCUT2D eigenvalue weighted by Crippen LogP contribution is 2.28. The molecule has 1 heterocycles. The van der Waals surface area contributed by atoms with Gasteiger partial charge in [-0.25, -0.2) is 0 Å². The van der Waals surface area contributed by atoms with Crippen LogP contribution in [0, 0.1) is 13.8 Å². The summed E-state index contributed by atoms with van der Waals surface area (Å²) >= 11 is 1.51. The van der Waals surface area contributed by atoms with Crippen molar-refractivity contribution in [1.29, 1.82) is 0 Å². The Morgan fingerprint density at radius 2 is 2.00 bits per heavy atom. The molecule has 3 nitrogen and oxygen atoms in total. The lowest BCUT2D eigenvalue weighted by Crippen LogP contribution is -2.23. The number of aromatic nitrogens is 2. The third kappa shape index (κ3) is 3.25. The van der Waals surface area contributed by atoms with E-state index in [0.717, 1.165) is 25.1 Å². The number of nitrogens with one attached hydrogen (secondary N) is 1. The third-order valence-corrected chi connectivity index (χ3v) is 4.48. The lowest BCUT2D eigenvalue weighted by Gasteiger charge is -2.19. The number of hydrogen-bond acceptors (Lipinski definition) is 4. The van der Waals surface area contributed by atoms with E-state index >= 15 is 0 Å². The maximum Gasteiger partial charge on any atom is 0.0804 e. The molecule has 1 unspecified atom stereocenters. The zero-order chi connectivity index (χ0) is 14.5. The Morgan fingerprint density at radius 3 is 2.65 bits per heavy atom. The van der Waals surface area contributed by atoms with Crippen molar-refractivity contribution in [2.75, 3.05) is 6.54 Å². The molecule has 0 aliphatic heterocycles.